The van der Waals surface area contributed by atoms with Crippen LogP contribution in [0, 0.1) is 10.1 Å². The summed E-state index contributed by atoms with van der Waals surface area (Å²) < 4.78 is 0. The van der Waals surface area contributed by atoms with E-state index < -0.39 is 0 Å². The highest BCUT2D eigenvalue weighted by Gasteiger charge is 2.25. The van der Waals surface area contributed by atoms with Crippen LogP contribution < -0.4 is 5.32 Å². The van der Waals surface area contributed by atoms with Crippen molar-refractivity contribution in [2.24, 2.45) is 0 Å². The van der Waals surface area contributed by atoms with Gasteiger partial charge in [0, 0.05) is 17.4 Å². The van der Waals surface area contributed by atoms with Gasteiger partial charge in [0.1, 0.15) is 5.69 Å². The second-order valence-corrected chi connectivity index (χ2v) is 5.37. The lowest BCUT2D eigenvalue weighted by molar-refractivity contribution is -0.384. The summed E-state index contributed by atoms with van der Waals surface area (Å²) in [6.07, 6.45) is 1.07. The Kier molecular flexibility index (Phi) is 3.33. The largest absolute Gasteiger partial charge is 0.376 e. The minimum Gasteiger partial charge on any atom is -0.376 e. The summed E-state index contributed by atoms with van der Waals surface area (Å²) in [5.41, 5.74) is 0.790. The van der Waals surface area contributed by atoms with Crippen LogP contribution in [0.25, 0.3) is 0 Å². The number of rotatable bonds is 3. The summed E-state index contributed by atoms with van der Waals surface area (Å²) in [5, 5.41) is 14.6. The Morgan fingerprint density at radius 3 is 2.88 bits per heavy atom. The SMILES string of the molecule is CC1SCCC1Nc1ccccc1[N+](=O)[O-]. The highest BCUT2D eigenvalue weighted by Crippen LogP contribution is 2.31. The van der Waals surface area contributed by atoms with Crippen LogP contribution in [0.3, 0.4) is 0 Å². The number of nitro benzene ring substituents is 1. The van der Waals surface area contributed by atoms with Gasteiger partial charge in [0.15, 0.2) is 0 Å². The molecule has 0 bridgehead atoms. The molecule has 86 valence electrons. The number of nitro groups is 1. The van der Waals surface area contributed by atoms with Gasteiger partial charge in [-0.1, -0.05) is 19.1 Å². The molecule has 0 saturated carbocycles. The smallest absolute Gasteiger partial charge is 0.292 e. The molecule has 1 aliphatic heterocycles. The molecule has 0 aliphatic carbocycles. The fraction of sp³-hybridized carbons (Fsp3) is 0.455. The fourth-order valence-corrected chi connectivity index (χ4v) is 3.07. The van der Waals surface area contributed by atoms with E-state index in [0.29, 0.717) is 17.0 Å². The molecule has 1 aromatic carbocycles. The number of benzene rings is 1. The maximum atomic E-state index is 10.8. The molecule has 16 heavy (non-hydrogen) atoms. The normalized spacial score (nSPS) is 24.3. The van der Waals surface area contributed by atoms with Gasteiger partial charge in [0.05, 0.1) is 4.92 Å². The second kappa shape index (κ2) is 4.74. The number of nitrogens with one attached hydrogen (secondary N) is 1. The van der Waals surface area contributed by atoms with Crippen molar-refractivity contribution in [2.75, 3.05) is 11.1 Å². The average molecular weight is 238 g/mol. The van der Waals surface area contributed by atoms with E-state index in [1.165, 1.54) is 6.07 Å². The zero-order chi connectivity index (χ0) is 11.5. The van der Waals surface area contributed by atoms with E-state index in [2.05, 4.69) is 12.2 Å². The standard InChI is InChI=1S/C11H14N2O2S/c1-8-9(6-7-16-8)12-10-4-2-3-5-11(10)13(14)15/h2-5,8-9,12H,6-7H2,1H3. The van der Waals surface area contributed by atoms with Crippen molar-refractivity contribution in [2.45, 2.75) is 24.6 Å². The predicted molar refractivity (Wildman–Crippen MR) is 67.0 cm³/mol. The highest BCUT2D eigenvalue weighted by molar-refractivity contribution is 8.00. The summed E-state index contributed by atoms with van der Waals surface area (Å²) in [6, 6.07) is 7.16. The van der Waals surface area contributed by atoms with E-state index in [0.717, 1.165) is 12.2 Å². The van der Waals surface area contributed by atoms with Crippen LogP contribution in [0.2, 0.25) is 0 Å². The van der Waals surface area contributed by atoms with E-state index in [-0.39, 0.29) is 10.6 Å². The van der Waals surface area contributed by atoms with E-state index in [1.54, 1.807) is 12.1 Å². The summed E-state index contributed by atoms with van der Waals surface area (Å²) >= 11 is 1.91. The third-order valence-corrected chi connectivity index (χ3v) is 4.14. The predicted octanol–water partition coefficient (Wildman–Crippen LogP) is 2.90. The van der Waals surface area contributed by atoms with Gasteiger partial charge in [-0.2, -0.15) is 11.8 Å². The molecule has 1 N–H and O–H groups in total. The maximum absolute atomic E-state index is 10.8. The first-order valence-corrected chi connectivity index (χ1v) is 6.35. The average Bonchev–Trinajstić information content (AvgIpc) is 2.65. The van der Waals surface area contributed by atoms with Crippen LogP contribution in [-0.4, -0.2) is 22.0 Å². The molecule has 1 aliphatic rings. The van der Waals surface area contributed by atoms with E-state index in [1.807, 2.05) is 17.8 Å². The molecule has 2 unspecified atom stereocenters. The van der Waals surface area contributed by atoms with Gasteiger partial charge in [0.25, 0.3) is 5.69 Å². The summed E-state index contributed by atoms with van der Waals surface area (Å²) in [4.78, 5) is 10.5. The van der Waals surface area contributed by atoms with Gasteiger partial charge in [0.2, 0.25) is 0 Å². The maximum Gasteiger partial charge on any atom is 0.292 e. The van der Waals surface area contributed by atoms with E-state index in [4.69, 9.17) is 0 Å². The van der Waals surface area contributed by atoms with Crippen molar-refractivity contribution in [1.82, 2.24) is 0 Å². The first-order chi connectivity index (χ1) is 7.68. The number of hydrogen-bond donors (Lipinski definition) is 1. The minimum absolute atomic E-state index is 0.159. The Bertz CT molecular complexity index is 397. The quantitative estimate of drug-likeness (QED) is 0.650. The molecule has 0 spiro atoms. The Morgan fingerprint density at radius 2 is 2.25 bits per heavy atom. The van der Waals surface area contributed by atoms with Crippen molar-refractivity contribution >= 4 is 23.1 Å². The second-order valence-electron chi connectivity index (χ2n) is 3.89. The lowest BCUT2D eigenvalue weighted by Crippen LogP contribution is -2.25. The fourth-order valence-electron chi connectivity index (χ4n) is 1.88. The molecule has 2 rings (SSSR count). The first kappa shape index (κ1) is 11.3. The van der Waals surface area contributed by atoms with Crippen molar-refractivity contribution in [3.05, 3.63) is 34.4 Å². The van der Waals surface area contributed by atoms with Crippen LogP contribution in [0.15, 0.2) is 24.3 Å². The Hall–Kier alpha value is -1.23. The van der Waals surface area contributed by atoms with Crippen LogP contribution >= 0.6 is 11.8 Å². The van der Waals surface area contributed by atoms with Gasteiger partial charge in [-0.05, 0) is 18.2 Å². The van der Waals surface area contributed by atoms with Gasteiger partial charge in [-0.25, -0.2) is 0 Å². The van der Waals surface area contributed by atoms with Crippen LogP contribution in [-0.2, 0) is 0 Å². The molecule has 0 amide bonds. The van der Waals surface area contributed by atoms with E-state index in [9.17, 15) is 10.1 Å². The van der Waals surface area contributed by atoms with Gasteiger partial charge < -0.3 is 5.32 Å². The molecule has 1 aromatic rings. The van der Waals surface area contributed by atoms with Gasteiger partial charge in [-0.15, -0.1) is 0 Å². The molecular weight excluding hydrogens is 224 g/mol. The number of thioether (sulfide) groups is 1. The third-order valence-electron chi connectivity index (χ3n) is 2.82. The van der Waals surface area contributed by atoms with Crippen molar-refractivity contribution in [1.29, 1.82) is 0 Å². The molecule has 4 nitrogen and oxygen atoms in total. The molecule has 1 saturated heterocycles. The first-order valence-electron chi connectivity index (χ1n) is 5.30. The summed E-state index contributed by atoms with van der Waals surface area (Å²) in [6.45, 7) is 2.16. The highest BCUT2D eigenvalue weighted by atomic mass is 32.2. The molecule has 0 aromatic heterocycles. The van der Waals surface area contributed by atoms with Crippen molar-refractivity contribution in [3.8, 4) is 0 Å². The lowest BCUT2D eigenvalue weighted by atomic mass is 10.1. The zero-order valence-corrected chi connectivity index (χ0v) is 9.87. The van der Waals surface area contributed by atoms with E-state index >= 15 is 0 Å². The van der Waals surface area contributed by atoms with Crippen LogP contribution in [0.5, 0.6) is 0 Å². The van der Waals surface area contributed by atoms with Crippen LogP contribution in [0.1, 0.15) is 13.3 Å². The third kappa shape index (κ3) is 2.29. The summed E-state index contributed by atoms with van der Waals surface area (Å²) in [5.74, 6) is 1.12. The molecule has 2 atom stereocenters. The minimum atomic E-state index is -0.338. The van der Waals surface area contributed by atoms with Crippen LogP contribution in [0.4, 0.5) is 11.4 Å². The summed E-state index contributed by atoms with van der Waals surface area (Å²) in [7, 11) is 0. The number of nitrogens with zero attached hydrogens (tertiary/aromatic N) is 1. The van der Waals surface area contributed by atoms with Crippen molar-refractivity contribution in [3.63, 3.8) is 0 Å². The molecule has 1 heterocycles. The van der Waals surface area contributed by atoms with Gasteiger partial charge in [-0.3, -0.25) is 10.1 Å². The Balaban J connectivity index is 2.17. The number of hydrogen-bond acceptors (Lipinski definition) is 4. The molecule has 1 fully saturated rings. The zero-order valence-electron chi connectivity index (χ0n) is 9.05. The molecule has 5 heteroatoms. The Labute approximate surface area is 98.6 Å². The number of para-hydroxylation sites is 2. The number of anilines is 1. The van der Waals surface area contributed by atoms with Gasteiger partial charge >= 0.3 is 0 Å². The van der Waals surface area contributed by atoms with Crippen molar-refractivity contribution < 1.29 is 4.92 Å². The molecular formula is C11H14N2O2S. The lowest BCUT2D eigenvalue weighted by Gasteiger charge is -2.17. The monoisotopic (exact) mass is 238 g/mol. The topological polar surface area (TPSA) is 55.2 Å². The Morgan fingerprint density at radius 1 is 1.50 bits per heavy atom. The molecule has 0 radical (unpaired) electrons.